The molecule has 2 N–H and O–H groups in total. The van der Waals surface area contributed by atoms with Crippen LogP contribution in [0.5, 0.6) is 0 Å². The van der Waals surface area contributed by atoms with Crippen LogP contribution in [0.25, 0.3) is 11.4 Å². The van der Waals surface area contributed by atoms with Gasteiger partial charge in [0.15, 0.2) is 0 Å². The van der Waals surface area contributed by atoms with Gasteiger partial charge in [0.1, 0.15) is 5.60 Å². The number of piperidine rings is 1. The highest BCUT2D eigenvalue weighted by molar-refractivity contribution is 5.73. The van der Waals surface area contributed by atoms with Crippen molar-refractivity contribution in [1.82, 2.24) is 25.3 Å². The first-order chi connectivity index (χ1) is 17.2. The largest absolute Gasteiger partial charge is 0.380 e. The summed E-state index contributed by atoms with van der Waals surface area (Å²) in [6.07, 6.45) is 5.25. The zero-order valence-electron chi connectivity index (χ0n) is 21.5. The molecule has 2 atom stereocenters. The highest BCUT2D eigenvalue weighted by Gasteiger charge is 2.53. The van der Waals surface area contributed by atoms with Crippen molar-refractivity contribution in [2.45, 2.75) is 58.0 Å². The Kier molecular flexibility index (Phi) is 6.43. The Morgan fingerprint density at radius 3 is 2.61 bits per heavy atom. The van der Waals surface area contributed by atoms with Gasteiger partial charge in [0, 0.05) is 62.0 Å². The van der Waals surface area contributed by atoms with E-state index in [1.807, 2.05) is 23.1 Å². The van der Waals surface area contributed by atoms with E-state index < -0.39 is 11.0 Å². The molecule has 0 spiro atoms. The lowest BCUT2D eigenvalue weighted by Crippen LogP contribution is -2.63. The molecule has 2 aliphatic rings. The standard InChI is InChI=1S/C28H35N5O3/c1-18(2)20-7-9-23(10-8-20)28(35,27(4)16-30-17-27)24-12-22(13-29-14-24)25-31-26(36-32-25)21-6-5-11-33(15-21)19(3)34/h7-10,12-14,18,21,30,35H,5-6,11,15-17H2,1-4H3/t21-,28+/m1/s1. The number of benzene rings is 1. The van der Waals surface area contributed by atoms with Gasteiger partial charge in [-0.05, 0) is 36.0 Å². The summed E-state index contributed by atoms with van der Waals surface area (Å²) in [6, 6.07) is 10.2. The van der Waals surface area contributed by atoms with Gasteiger partial charge < -0.3 is 19.8 Å². The van der Waals surface area contributed by atoms with E-state index in [2.05, 4.69) is 53.3 Å². The number of pyridine rings is 1. The van der Waals surface area contributed by atoms with Crippen molar-refractivity contribution in [3.05, 3.63) is 65.3 Å². The van der Waals surface area contributed by atoms with E-state index in [1.54, 1.807) is 19.3 Å². The van der Waals surface area contributed by atoms with Crippen molar-refractivity contribution in [2.24, 2.45) is 5.41 Å². The van der Waals surface area contributed by atoms with Crippen molar-refractivity contribution >= 4 is 5.91 Å². The third-order valence-corrected chi connectivity index (χ3v) is 7.97. The van der Waals surface area contributed by atoms with E-state index in [0.717, 1.165) is 24.9 Å². The summed E-state index contributed by atoms with van der Waals surface area (Å²) in [5.74, 6) is 1.48. The molecule has 1 amide bonds. The molecule has 5 rings (SSSR count). The maximum Gasteiger partial charge on any atom is 0.231 e. The fourth-order valence-corrected chi connectivity index (χ4v) is 5.47. The Balaban J connectivity index is 1.48. The van der Waals surface area contributed by atoms with Crippen molar-refractivity contribution in [3.8, 4) is 11.4 Å². The summed E-state index contributed by atoms with van der Waals surface area (Å²) in [4.78, 5) is 22.8. The third-order valence-electron chi connectivity index (χ3n) is 7.97. The molecule has 2 fully saturated rings. The molecule has 190 valence electrons. The minimum absolute atomic E-state index is 0.0245. The predicted octanol–water partition coefficient (Wildman–Crippen LogP) is 3.83. The van der Waals surface area contributed by atoms with Crippen LogP contribution >= 0.6 is 0 Å². The van der Waals surface area contributed by atoms with Gasteiger partial charge >= 0.3 is 0 Å². The first-order valence-electron chi connectivity index (χ1n) is 12.8. The molecule has 8 heteroatoms. The van der Waals surface area contributed by atoms with Crippen molar-refractivity contribution in [2.75, 3.05) is 26.2 Å². The summed E-state index contributed by atoms with van der Waals surface area (Å²) in [7, 11) is 0. The first kappa shape index (κ1) is 24.6. The summed E-state index contributed by atoms with van der Waals surface area (Å²) in [5, 5.41) is 19.9. The average Bonchev–Trinajstić information content (AvgIpc) is 3.37. The first-order valence-corrected chi connectivity index (χ1v) is 12.8. The van der Waals surface area contributed by atoms with E-state index >= 15 is 0 Å². The lowest BCUT2D eigenvalue weighted by Gasteiger charge is -2.52. The number of nitrogens with zero attached hydrogens (tertiary/aromatic N) is 4. The molecular weight excluding hydrogens is 454 g/mol. The molecule has 8 nitrogen and oxygen atoms in total. The third kappa shape index (κ3) is 4.22. The topological polar surface area (TPSA) is 104 Å². The fourth-order valence-electron chi connectivity index (χ4n) is 5.47. The Hall–Kier alpha value is -3.10. The second-order valence-electron chi connectivity index (χ2n) is 10.9. The van der Waals surface area contributed by atoms with Crippen molar-refractivity contribution in [1.29, 1.82) is 0 Å². The zero-order chi connectivity index (χ0) is 25.5. The van der Waals surface area contributed by atoms with Gasteiger partial charge in [-0.25, -0.2) is 0 Å². The molecule has 1 aromatic carbocycles. The predicted molar refractivity (Wildman–Crippen MR) is 136 cm³/mol. The van der Waals surface area contributed by atoms with Gasteiger partial charge in [-0.3, -0.25) is 9.78 Å². The molecule has 2 aliphatic heterocycles. The lowest BCUT2D eigenvalue weighted by molar-refractivity contribution is -0.130. The van der Waals surface area contributed by atoms with E-state index in [9.17, 15) is 9.90 Å². The number of carbonyl (C=O) groups excluding carboxylic acids is 1. The molecule has 0 bridgehead atoms. The zero-order valence-corrected chi connectivity index (χ0v) is 21.5. The number of likely N-dealkylation sites (tertiary alicyclic amines) is 1. The second-order valence-corrected chi connectivity index (χ2v) is 10.9. The Morgan fingerprint density at radius 1 is 1.22 bits per heavy atom. The minimum Gasteiger partial charge on any atom is -0.380 e. The summed E-state index contributed by atoms with van der Waals surface area (Å²) < 4.78 is 5.63. The molecule has 3 aromatic rings. The Morgan fingerprint density at radius 2 is 1.97 bits per heavy atom. The van der Waals surface area contributed by atoms with E-state index in [-0.39, 0.29) is 11.8 Å². The minimum atomic E-state index is -1.24. The molecule has 0 aliphatic carbocycles. The van der Waals surface area contributed by atoms with Gasteiger partial charge in [0.25, 0.3) is 0 Å². The summed E-state index contributed by atoms with van der Waals surface area (Å²) in [5.41, 5.74) is 1.83. The van der Waals surface area contributed by atoms with Crippen LogP contribution in [0, 0.1) is 5.41 Å². The molecule has 36 heavy (non-hydrogen) atoms. The van der Waals surface area contributed by atoms with Crippen LogP contribution in [0.15, 0.2) is 47.2 Å². The van der Waals surface area contributed by atoms with Gasteiger partial charge in [-0.1, -0.05) is 50.2 Å². The van der Waals surface area contributed by atoms with Crippen LogP contribution in [-0.4, -0.2) is 57.2 Å². The van der Waals surface area contributed by atoms with Crippen molar-refractivity contribution in [3.63, 3.8) is 0 Å². The highest BCUT2D eigenvalue weighted by Crippen LogP contribution is 2.48. The second kappa shape index (κ2) is 9.41. The molecule has 4 heterocycles. The van der Waals surface area contributed by atoms with Gasteiger partial charge in [0.2, 0.25) is 17.6 Å². The summed E-state index contributed by atoms with van der Waals surface area (Å²) in [6.45, 7) is 10.8. The number of carbonyl (C=O) groups is 1. The molecule has 0 radical (unpaired) electrons. The van der Waals surface area contributed by atoms with E-state index in [0.29, 0.717) is 48.4 Å². The SMILES string of the molecule is CC(=O)N1CCC[C@@H](c2nc(-c3cncc([C@@](O)(c4ccc(C(C)C)cc4)C4(C)CNC4)c3)no2)C1. The molecule has 2 aromatic heterocycles. The van der Waals surface area contributed by atoms with Crippen LogP contribution in [0.2, 0.25) is 0 Å². The number of hydrogen-bond donors (Lipinski definition) is 2. The molecule has 0 saturated carbocycles. The fraction of sp³-hybridized carbons (Fsp3) is 0.500. The highest BCUT2D eigenvalue weighted by atomic mass is 16.5. The Bertz CT molecular complexity index is 1230. The van der Waals surface area contributed by atoms with Gasteiger partial charge in [0.05, 0.1) is 5.92 Å². The molecule has 0 unspecified atom stereocenters. The average molecular weight is 490 g/mol. The monoisotopic (exact) mass is 489 g/mol. The lowest BCUT2D eigenvalue weighted by atomic mass is 9.63. The molecule has 2 saturated heterocycles. The van der Waals surface area contributed by atoms with Crippen LogP contribution < -0.4 is 5.32 Å². The number of aliphatic hydroxyl groups is 1. The number of hydrogen-bond acceptors (Lipinski definition) is 7. The van der Waals surface area contributed by atoms with Crippen LogP contribution in [0.3, 0.4) is 0 Å². The van der Waals surface area contributed by atoms with E-state index in [4.69, 9.17) is 4.52 Å². The van der Waals surface area contributed by atoms with Gasteiger partial charge in [-0.2, -0.15) is 4.98 Å². The quantitative estimate of drug-likeness (QED) is 0.542. The van der Waals surface area contributed by atoms with Gasteiger partial charge in [-0.15, -0.1) is 0 Å². The maximum atomic E-state index is 12.3. The van der Waals surface area contributed by atoms with Crippen LogP contribution in [-0.2, 0) is 10.4 Å². The smallest absolute Gasteiger partial charge is 0.231 e. The van der Waals surface area contributed by atoms with Crippen LogP contribution in [0.1, 0.15) is 75.0 Å². The summed E-state index contributed by atoms with van der Waals surface area (Å²) >= 11 is 0. The number of rotatable bonds is 6. The Labute approximate surface area is 212 Å². The number of aromatic nitrogens is 3. The molecular formula is C28H35N5O3. The maximum absolute atomic E-state index is 12.3. The van der Waals surface area contributed by atoms with Crippen molar-refractivity contribution < 1.29 is 14.4 Å². The van der Waals surface area contributed by atoms with E-state index in [1.165, 1.54) is 5.56 Å². The number of amides is 1. The normalized spacial score (nSPS) is 21.2. The number of nitrogens with one attached hydrogen (secondary N) is 1. The van der Waals surface area contributed by atoms with Crippen LogP contribution in [0.4, 0.5) is 0 Å².